The van der Waals surface area contributed by atoms with Crippen molar-refractivity contribution in [2.75, 3.05) is 13.1 Å². The number of carbonyl (C=O) groups is 1. The Morgan fingerprint density at radius 1 is 0.972 bits per heavy atom. The predicted octanol–water partition coefficient (Wildman–Crippen LogP) is 5.62. The molecular formula is C29H23ClN4O2. The fourth-order valence-corrected chi connectivity index (χ4v) is 5.17. The summed E-state index contributed by atoms with van der Waals surface area (Å²) >= 11 is 6.60. The minimum Gasteiger partial charge on any atom is -0.343 e. The lowest BCUT2D eigenvalue weighted by Crippen LogP contribution is -2.29. The van der Waals surface area contributed by atoms with Gasteiger partial charge in [-0.15, -0.1) is 0 Å². The molecule has 1 aliphatic heterocycles. The van der Waals surface area contributed by atoms with E-state index >= 15 is 0 Å². The summed E-state index contributed by atoms with van der Waals surface area (Å²) in [4.78, 5) is 40.3. The Morgan fingerprint density at radius 2 is 1.78 bits per heavy atom. The van der Waals surface area contributed by atoms with E-state index in [9.17, 15) is 9.59 Å². The van der Waals surface area contributed by atoms with Gasteiger partial charge in [-0.1, -0.05) is 48.0 Å². The number of likely N-dealkylation sites (tertiary alicyclic amines) is 1. The van der Waals surface area contributed by atoms with Crippen molar-refractivity contribution in [1.82, 2.24) is 19.9 Å². The molecule has 2 aromatic carbocycles. The molecule has 0 aliphatic carbocycles. The van der Waals surface area contributed by atoms with Gasteiger partial charge in [0.15, 0.2) is 5.43 Å². The number of hydrogen-bond donors (Lipinski definition) is 1. The van der Waals surface area contributed by atoms with Crippen molar-refractivity contribution in [2.45, 2.75) is 19.3 Å². The molecule has 1 N–H and O–H groups in total. The van der Waals surface area contributed by atoms with Crippen molar-refractivity contribution >= 4 is 39.4 Å². The average Bonchev–Trinajstić information content (AvgIpc) is 3.44. The third kappa shape index (κ3) is 4.14. The van der Waals surface area contributed by atoms with E-state index < -0.39 is 0 Å². The highest BCUT2D eigenvalue weighted by Gasteiger charge is 2.20. The van der Waals surface area contributed by atoms with Gasteiger partial charge in [0.1, 0.15) is 5.65 Å². The number of nitrogens with one attached hydrogen (secondary N) is 1. The fourth-order valence-electron chi connectivity index (χ4n) is 4.90. The number of pyridine rings is 3. The lowest BCUT2D eigenvalue weighted by molar-refractivity contribution is -0.129. The maximum Gasteiger partial charge on any atom is 0.228 e. The standard InChI is InChI=1S/C29H23ClN4O2/c30-24-14-20(13-19-9-6-10-31-28(19)24)22-17-23-25(35)15-21(16-26(36)34-11-4-5-12-34)32-29(23)33-27(22)18-7-2-1-3-8-18/h1-3,6-10,13-15,17H,4-5,11-12,16H2,(H,32,33,35). The van der Waals surface area contributed by atoms with E-state index in [1.165, 1.54) is 6.07 Å². The quantitative estimate of drug-likeness (QED) is 0.351. The van der Waals surface area contributed by atoms with Crippen LogP contribution in [0.1, 0.15) is 18.5 Å². The van der Waals surface area contributed by atoms with Crippen molar-refractivity contribution in [2.24, 2.45) is 0 Å². The van der Waals surface area contributed by atoms with E-state index in [2.05, 4.69) is 9.97 Å². The molecule has 6 rings (SSSR count). The summed E-state index contributed by atoms with van der Waals surface area (Å²) in [5.74, 6) is 0.0295. The number of aromatic amines is 1. The van der Waals surface area contributed by atoms with Crippen LogP contribution in [0.4, 0.5) is 0 Å². The molecule has 0 bridgehead atoms. The molecule has 1 saturated heterocycles. The van der Waals surface area contributed by atoms with Crippen LogP contribution >= 0.6 is 11.6 Å². The zero-order valence-electron chi connectivity index (χ0n) is 19.5. The topological polar surface area (TPSA) is 79.0 Å². The monoisotopic (exact) mass is 494 g/mol. The lowest BCUT2D eigenvalue weighted by atomic mass is 9.96. The Labute approximate surface area is 212 Å². The molecule has 0 radical (unpaired) electrons. The molecule has 0 atom stereocenters. The van der Waals surface area contributed by atoms with Gasteiger partial charge in [-0.25, -0.2) is 4.98 Å². The van der Waals surface area contributed by atoms with Crippen LogP contribution in [-0.4, -0.2) is 38.8 Å². The lowest BCUT2D eigenvalue weighted by Gasteiger charge is -2.16. The van der Waals surface area contributed by atoms with Gasteiger partial charge in [-0.3, -0.25) is 14.6 Å². The van der Waals surface area contributed by atoms with Crippen LogP contribution in [0, 0.1) is 0 Å². The number of halogens is 1. The third-order valence-electron chi connectivity index (χ3n) is 6.69. The van der Waals surface area contributed by atoms with Crippen LogP contribution in [0.2, 0.25) is 5.02 Å². The summed E-state index contributed by atoms with van der Waals surface area (Å²) in [5.41, 5.74) is 4.87. The number of hydrogen-bond acceptors (Lipinski definition) is 4. The van der Waals surface area contributed by atoms with Crippen molar-refractivity contribution in [1.29, 1.82) is 0 Å². The molecule has 36 heavy (non-hydrogen) atoms. The number of aromatic nitrogens is 3. The van der Waals surface area contributed by atoms with Gasteiger partial charge in [-0.2, -0.15) is 0 Å². The average molecular weight is 495 g/mol. The Bertz CT molecular complexity index is 1670. The van der Waals surface area contributed by atoms with E-state index in [-0.39, 0.29) is 17.8 Å². The Kier molecular flexibility index (Phi) is 5.74. The minimum absolute atomic E-state index is 0.0295. The fraction of sp³-hybridized carbons (Fsp3) is 0.172. The third-order valence-corrected chi connectivity index (χ3v) is 6.98. The van der Waals surface area contributed by atoms with E-state index in [1.807, 2.05) is 65.6 Å². The first kappa shape index (κ1) is 22.4. The van der Waals surface area contributed by atoms with Gasteiger partial charge in [0.2, 0.25) is 5.91 Å². The molecule has 1 amide bonds. The summed E-state index contributed by atoms with van der Waals surface area (Å²) in [7, 11) is 0. The second-order valence-corrected chi connectivity index (χ2v) is 9.51. The van der Waals surface area contributed by atoms with Crippen LogP contribution in [-0.2, 0) is 11.2 Å². The molecule has 0 unspecified atom stereocenters. The summed E-state index contributed by atoms with van der Waals surface area (Å²) in [6.45, 7) is 1.56. The largest absolute Gasteiger partial charge is 0.343 e. The molecule has 5 aromatic rings. The first-order valence-electron chi connectivity index (χ1n) is 12.0. The Morgan fingerprint density at radius 3 is 2.58 bits per heavy atom. The number of fused-ring (bicyclic) bond motifs is 2. The second-order valence-electron chi connectivity index (χ2n) is 9.10. The number of carbonyl (C=O) groups excluding carboxylic acids is 1. The molecule has 3 aromatic heterocycles. The van der Waals surface area contributed by atoms with E-state index in [4.69, 9.17) is 16.6 Å². The van der Waals surface area contributed by atoms with E-state index in [1.54, 1.807) is 6.20 Å². The molecule has 7 heteroatoms. The number of H-pyrrole nitrogens is 1. The zero-order valence-corrected chi connectivity index (χ0v) is 20.3. The molecule has 0 spiro atoms. The summed E-state index contributed by atoms with van der Waals surface area (Å²) in [6.07, 6.45) is 3.92. The minimum atomic E-state index is -0.171. The zero-order chi connectivity index (χ0) is 24.6. The number of benzene rings is 2. The van der Waals surface area contributed by atoms with Gasteiger partial charge in [0.25, 0.3) is 0 Å². The smallest absolute Gasteiger partial charge is 0.228 e. The van der Waals surface area contributed by atoms with Gasteiger partial charge >= 0.3 is 0 Å². The normalized spacial score (nSPS) is 13.5. The number of nitrogens with zero attached hydrogens (tertiary/aromatic N) is 3. The van der Waals surface area contributed by atoms with Gasteiger partial charge in [0, 0.05) is 47.6 Å². The highest BCUT2D eigenvalue weighted by molar-refractivity contribution is 6.35. The molecular weight excluding hydrogens is 472 g/mol. The SMILES string of the molecule is O=C(Cc1cc(=O)c2cc(-c3cc(Cl)c4ncccc4c3)c(-c3ccccc3)nc2[nH]1)N1CCCC1. The molecule has 1 aliphatic rings. The molecule has 4 heterocycles. The van der Waals surface area contributed by atoms with Crippen LogP contribution in [0.25, 0.3) is 44.3 Å². The highest BCUT2D eigenvalue weighted by Crippen LogP contribution is 2.36. The van der Waals surface area contributed by atoms with Gasteiger partial charge in [-0.05, 0) is 42.7 Å². The summed E-state index contributed by atoms with van der Waals surface area (Å²) in [6, 6.07) is 20.9. The van der Waals surface area contributed by atoms with Crippen LogP contribution in [0.3, 0.4) is 0 Å². The first-order chi connectivity index (χ1) is 17.6. The van der Waals surface area contributed by atoms with Gasteiger partial charge in [0.05, 0.1) is 28.0 Å². The van der Waals surface area contributed by atoms with Crippen molar-refractivity contribution in [3.63, 3.8) is 0 Å². The van der Waals surface area contributed by atoms with Crippen LogP contribution in [0.5, 0.6) is 0 Å². The predicted molar refractivity (Wildman–Crippen MR) is 143 cm³/mol. The highest BCUT2D eigenvalue weighted by atomic mass is 35.5. The second kappa shape index (κ2) is 9.21. The molecule has 6 nitrogen and oxygen atoms in total. The van der Waals surface area contributed by atoms with Crippen molar-refractivity contribution in [3.05, 3.63) is 93.9 Å². The van der Waals surface area contributed by atoms with Gasteiger partial charge < -0.3 is 9.88 Å². The maximum absolute atomic E-state index is 13.2. The summed E-state index contributed by atoms with van der Waals surface area (Å²) in [5, 5.41) is 1.90. The molecule has 0 saturated carbocycles. The maximum atomic E-state index is 13.2. The molecule has 178 valence electrons. The Balaban J connectivity index is 1.52. The number of rotatable bonds is 4. The number of amides is 1. The van der Waals surface area contributed by atoms with Crippen LogP contribution in [0.15, 0.2) is 77.7 Å². The van der Waals surface area contributed by atoms with Crippen LogP contribution < -0.4 is 5.43 Å². The molecule has 1 fully saturated rings. The summed E-state index contributed by atoms with van der Waals surface area (Å²) < 4.78 is 0. The first-order valence-corrected chi connectivity index (χ1v) is 12.4. The van der Waals surface area contributed by atoms with Crippen molar-refractivity contribution < 1.29 is 4.79 Å². The van der Waals surface area contributed by atoms with E-state index in [0.717, 1.165) is 59.2 Å². The van der Waals surface area contributed by atoms with Crippen molar-refractivity contribution in [3.8, 4) is 22.4 Å². The van der Waals surface area contributed by atoms with E-state index in [0.29, 0.717) is 21.7 Å². The Hall–Kier alpha value is -4.03.